The second-order valence-corrected chi connectivity index (χ2v) is 5.50. The highest BCUT2D eigenvalue weighted by Gasteiger charge is 2.35. The maximum Gasteiger partial charge on any atom is 0.261 e. The van der Waals surface area contributed by atoms with Crippen molar-refractivity contribution in [2.75, 3.05) is 6.61 Å². The number of imide groups is 1. The summed E-state index contributed by atoms with van der Waals surface area (Å²) in [7, 11) is 0. The Morgan fingerprint density at radius 1 is 1.14 bits per heavy atom. The van der Waals surface area contributed by atoms with E-state index in [1.807, 2.05) is 11.4 Å². The third-order valence-corrected chi connectivity index (χ3v) is 4.08. The van der Waals surface area contributed by atoms with Crippen LogP contribution in [0.2, 0.25) is 0 Å². The fourth-order valence-corrected chi connectivity index (χ4v) is 3.01. The molecular weight excluding hydrogens is 286 g/mol. The van der Waals surface area contributed by atoms with Gasteiger partial charge in [-0.15, -0.1) is 11.3 Å². The van der Waals surface area contributed by atoms with Crippen LogP contribution in [0.25, 0.3) is 0 Å². The van der Waals surface area contributed by atoms with Gasteiger partial charge in [-0.25, -0.2) is 0 Å². The molecule has 1 N–H and O–H groups in total. The number of aliphatic hydroxyl groups excluding tert-OH is 1. The molecule has 0 spiro atoms. The molecule has 0 bridgehead atoms. The Hall–Kier alpha value is -2.42. The second-order valence-electron chi connectivity index (χ2n) is 4.50. The average molecular weight is 297 g/mol. The van der Waals surface area contributed by atoms with Crippen molar-refractivity contribution >= 4 is 23.2 Å². The van der Waals surface area contributed by atoms with Crippen LogP contribution in [0, 0.1) is 11.8 Å². The van der Waals surface area contributed by atoms with E-state index in [1.54, 1.807) is 24.3 Å². The first-order valence-corrected chi connectivity index (χ1v) is 7.21. The lowest BCUT2D eigenvalue weighted by atomic mass is 10.1. The number of carbonyl (C=O) groups excluding carboxylic acids is 2. The number of nitrogens with zero attached hydrogens (tertiary/aromatic N) is 1. The molecule has 0 fully saturated rings. The van der Waals surface area contributed by atoms with Crippen LogP contribution in [0.5, 0.6) is 0 Å². The van der Waals surface area contributed by atoms with E-state index in [2.05, 4.69) is 11.8 Å². The van der Waals surface area contributed by atoms with Crippen molar-refractivity contribution < 1.29 is 14.7 Å². The Kier molecular flexibility index (Phi) is 3.57. The summed E-state index contributed by atoms with van der Waals surface area (Å²) in [5.41, 5.74) is 1.69. The van der Waals surface area contributed by atoms with Crippen LogP contribution < -0.4 is 0 Å². The summed E-state index contributed by atoms with van der Waals surface area (Å²) in [6, 6.07) is 8.67. The fourth-order valence-electron chi connectivity index (χ4n) is 2.21. The summed E-state index contributed by atoms with van der Waals surface area (Å²) in [6.45, 7) is 0.0569. The number of hydrogen-bond donors (Lipinski definition) is 1. The largest absolute Gasteiger partial charge is 0.384 e. The molecule has 2 heterocycles. The zero-order chi connectivity index (χ0) is 14.8. The Morgan fingerprint density at radius 2 is 1.81 bits per heavy atom. The molecule has 1 aliphatic heterocycles. The summed E-state index contributed by atoms with van der Waals surface area (Å²) >= 11 is 1.44. The van der Waals surface area contributed by atoms with Gasteiger partial charge in [0.25, 0.3) is 11.8 Å². The smallest absolute Gasteiger partial charge is 0.261 e. The third-order valence-electron chi connectivity index (χ3n) is 3.16. The standard InChI is InChI=1S/C16H11NO3S/c18-7-3-4-11-8-12(21-10-11)9-17-15(19)13-5-1-2-6-14(13)16(17)20/h1-2,5-6,8,10,18H,7,9H2. The maximum absolute atomic E-state index is 12.2. The molecule has 2 aromatic rings. The van der Waals surface area contributed by atoms with E-state index in [9.17, 15) is 9.59 Å². The van der Waals surface area contributed by atoms with E-state index in [4.69, 9.17) is 5.11 Å². The number of thiophene rings is 1. The Bertz CT molecular complexity index is 747. The van der Waals surface area contributed by atoms with Gasteiger partial charge >= 0.3 is 0 Å². The first-order valence-electron chi connectivity index (χ1n) is 6.33. The Balaban J connectivity index is 1.82. The number of carbonyl (C=O) groups is 2. The maximum atomic E-state index is 12.2. The predicted molar refractivity (Wildman–Crippen MR) is 78.9 cm³/mol. The fraction of sp³-hybridized carbons (Fsp3) is 0.125. The molecule has 104 valence electrons. The number of amides is 2. The third kappa shape index (κ3) is 2.47. The topological polar surface area (TPSA) is 57.6 Å². The quantitative estimate of drug-likeness (QED) is 0.680. The molecule has 21 heavy (non-hydrogen) atoms. The van der Waals surface area contributed by atoms with Crippen molar-refractivity contribution in [2.24, 2.45) is 0 Å². The van der Waals surface area contributed by atoms with Crippen molar-refractivity contribution in [3.63, 3.8) is 0 Å². The first kappa shape index (κ1) is 13.6. The van der Waals surface area contributed by atoms with E-state index < -0.39 is 0 Å². The summed E-state index contributed by atoms with van der Waals surface area (Å²) in [4.78, 5) is 26.6. The molecule has 5 heteroatoms. The molecule has 1 aromatic heterocycles. The van der Waals surface area contributed by atoms with Crippen molar-refractivity contribution in [2.45, 2.75) is 6.54 Å². The minimum absolute atomic E-state index is 0.191. The van der Waals surface area contributed by atoms with Gasteiger partial charge in [0.05, 0.1) is 17.7 Å². The lowest BCUT2D eigenvalue weighted by Crippen LogP contribution is -2.28. The molecule has 0 aliphatic carbocycles. The Labute approximate surface area is 125 Å². The van der Waals surface area contributed by atoms with E-state index >= 15 is 0 Å². The summed E-state index contributed by atoms with van der Waals surface area (Å²) in [5, 5.41) is 10.5. The molecule has 4 nitrogen and oxygen atoms in total. The normalized spacial score (nSPS) is 13.1. The number of fused-ring (bicyclic) bond motifs is 1. The van der Waals surface area contributed by atoms with Gasteiger partial charge in [0, 0.05) is 15.8 Å². The predicted octanol–water partition coefficient (Wildman–Crippen LogP) is 1.89. The highest BCUT2D eigenvalue weighted by molar-refractivity contribution is 7.10. The van der Waals surface area contributed by atoms with Crippen LogP contribution in [0.15, 0.2) is 35.7 Å². The monoisotopic (exact) mass is 297 g/mol. The Morgan fingerprint density at radius 3 is 2.43 bits per heavy atom. The SMILES string of the molecule is O=C1c2ccccc2C(=O)N1Cc1cc(C#CCO)cs1. The second kappa shape index (κ2) is 5.52. The van der Waals surface area contributed by atoms with Crippen molar-refractivity contribution in [3.05, 3.63) is 57.3 Å². The van der Waals surface area contributed by atoms with E-state index in [0.29, 0.717) is 11.1 Å². The molecule has 1 aromatic carbocycles. The van der Waals surface area contributed by atoms with Crippen LogP contribution in [-0.2, 0) is 6.54 Å². The zero-order valence-corrected chi connectivity index (χ0v) is 11.8. The van der Waals surface area contributed by atoms with Crippen molar-refractivity contribution in [3.8, 4) is 11.8 Å². The minimum atomic E-state index is -0.257. The van der Waals surface area contributed by atoms with Gasteiger partial charge in [0.15, 0.2) is 0 Å². The van der Waals surface area contributed by atoms with E-state index in [0.717, 1.165) is 10.4 Å². The number of hydrogen-bond acceptors (Lipinski definition) is 4. The van der Waals surface area contributed by atoms with Gasteiger partial charge in [-0.1, -0.05) is 24.0 Å². The molecule has 1 aliphatic rings. The molecule has 0 saturated carbocycles. The lowest BCUT2D eigenvalue weighted by Gasteiger charge is -2.11. The number of benzene rings is 1. The molecule has 0 unspecified atom stereocenters. The molecule has 0 saturated heterocycles. The first-order chi connectivity index (χ1) is 10.2. The van der Waals surface area contributed by atoms with Gasteiger partial charge in [-0.05, 0) is 18.2 Å². The van der Waals surface area contributed by atoms with Crippen LogP contribution in [-0.4, -0.2) is 28.4 Å². The summed E-state index contributed by atoms with van der Waals surface area (Å²) in [5.74, 6) is 4.85. The van der Waals surface area contributed by atoms with Gasteiger partial charge in [-0.3, -0.25) is 14.5 Å². The van der Waals surface area contributed by atoms with Crippen molar-refractivity contribution in [1.82, 2.24) is 4.90 Å². The zero-order valence-electron chi connectivity index (χ0n) is 11.0. The van der Waals surface area contributed by atoms with Crippen molar-refractivity contribution in [1.29, 1.82) is 0 Å². The van der Waals surface area contributed by atoms with Crippen LogP contribution >= 0.6 is 11.3 Å². The molecule has 0 radical (unpaired) electrons. The molecular formula is C16H11NO3S. The van der Waals surface area contributed by atoms with Gasteiger partial charge in [0.2, 0.25) is 0 Å². The molecule has 3 rings (SSSR count). The minimum Gasteiger partial charge on any atom is -0.384 e. The molecule has 2 amide bonds. The van der Waals surface area contributed by atoms with Gasteiger partial charge < -0.3 is 5.11 Å². The number of aliphatic hydroxyl groups is 1. The summed E-state index contributed by atoms with van der Waals surface area (Å²) < 4.78 is 0. The van der Waals surface area contributed by atoms with Crippen LogP contribution in [0.1, 0.15) is 31.2 Å². The van der Waals surface area contributed by atoms with Crippen LogP contribution in [0.4, 0.5) is 0 Å². The highest BCUT2D eigenvalue weighted by Crippen LogP contribution is 2.26. The summed E-state index contributed by atoms with van der Waals surface area (Å²) in [6.07, 6.45) is 0. The van der Waals surface area contributed by atoms with E-state index in [1.165, 1.54) is 16.2 Å². The van der Waals surface area contributed by atoms with Crippen LogP contribution in [0.3, 0.4) is 0 Å². The van der Waals surface area contributed by atoms with Gasteiger partial charge in [0.1, 0.15) is 6.61 Å². The molecule has 0 atom stereocenters. The lowest BCUT2D eigenvalue weighted by molar-refractivity contribution is 0.0644. The van der Waals surface area contributed by atoms with Gasteiger partial charge in [-0.2, -0.15) is 0 Å². The van der Waals surface area contributed by atoms with E-state index in [-0.39, 0.29) is 25.0 Å². The highest BCUT2D eigenvalue weighted by atomic mass is 32.1. The number of rotatable bonds is 2. The average Bonchev–Trinajstić information content (AvgIpc) is 3.05.